The molecule has 1 nitrogen and oxygen atoms in total. The van der Waals surface area contributed by atoms with E-state index >= 15 is 0 Å². The van der Waals surface area contributed by atoms with Crippen molar-refractivity contribution < 1.29 is 5.11 Å². The fourth-order valence-electron chi connectivity index (χ4n) is 3.38. The highest BCUT2D eigenvalue weighted by atomic mass is 32.2. The molecule has 3 heteroatoms. The van der Waals surface area contributed by atoms with Crippen LogP contribution in [-0.4, -0.2) is 21.2 Å². The zero-order valence-electron chi connectivity index (χ0n) is 11.3. The van der Waals surface area contributed by atoms with Crippen LogP contribution in [0.15, 0.2) is 30.3 Å². The molecule has 1 saturated heterocycles. The molecule has 1 aromatic carbocycles. The summed E-state index contributed by atoms with van der Waals surface area (Å²) in [6.07, 6.45) is 6.21. The fraction of sp³-hybridized carbons (Fsp3) is 0.625. The predicted molar refractivity (Wildman–Crippen MR) is 85.6 cm³/mol. The van der Waals surface area contributed by atoms with Crippen LogP contribution in [0.1, 0.15) is 37.7 Å². The molecule has 0 amide bonds. The Morgan fingerprint density at radius 1 is 0.947 bits per heavy atom. The average molecular weight is 294 g/mol. The molecule has 1 heterocycles. The molecule has 19 heavy (non-hydrogen) atoms. The zero-order valence-corrected chi connectivity index (χ0v) is 12.9. The number of hydrogen-bond acceptors (Lipinski definition) is 3. The van der Waals surface area contributed by atoms with Crippen LogP contribution in [0, 0.1) is 5.92 Å². The molecule has 0 radical (unpaired) electrons. The first-order valence-corrected chi connectivity index (χ1v) is 9.42. The molecule has 1 aliphatic heterocycles. The first-order chi connectivity index (χ1) is 9.32. The molecule has 104 valence electrons. The quantitative estimate of drug-likeness (QED) is 0.899. The minimum Gasteiger partial charge on any atom is -0.383 e. The lowest BCUT2D eigenvalue weighted by atomic mass is 9.81. The van der Waals surface area contributed by atoms with Crippen molar-refractivity contribution in [3.63, 3.8) is 0 Å². The number of rotatable bonds is 3. The van der Waals surface area contributed by atoms with Crippen molar-refractivity contribution in [2.45, 2.75) is 42.3 Å². The van der Waals surface area contributed by atoms with Gasteiger partial charge in [0.1, 0.15) is 5.60 Å². The summed E-state index contributed by atoms with van der Waals surface area (Å²) in [7, 11) is 0. The molecule has 2 aliphatic rings. The molecule has 0 spiro atoms. The van der Waals surface area contributed by atoms with E-state index in [1.54, 1.807) is 0 Å². The second kappa shape index (κ2) is 6.11. The highest BCUT2D eigenvalue weighted by Gasteiger charge is 2.47. The van der Waals surface area contributed by atoms with Gasteiger partial charge in [-0.05, 0) is 42.2 Å². The van der Waals surface area contributed by atoms with Gasteiger partial charge in [-0.2, -0.15) is 0 Å². The predicted octanol–water partition coefficient (Wildman–Crippen LogP) is 4.26. The van der Waals surface area contributed by atoms with Crippen LogP contribution in [0.5, 0.6) is 0 Å². The number of benzene rings is 1. The van der Waals surface area contributed by atoms with Crippen LogP contribution < -0.4 is 0 Å². The van der Waals surface area contributed by atoms with Crippen LogP contribution >= 0.6 is 23.5 Å². The van der Waals surface area contributed by atoms with Crippen molar-refractivity contribution >= 4 is 23.5 Å². The molecule has 1 aromatic rings. The van der Waals surface area contributed by atoms with E-state index in [1.165, 1.54) is 43.6 Å². The molecule has 0 bridgehead atoms. The average Bonchev–Trinajstić information content (AvgIpc) is 3.03. The minimum atomic E-state index is -0.631. The van der Waals surface area contributed by atoms with E-state index in [0.717, 1.165) is 5.56 Å². The van der Waals surface area contributed by atoms with Crippen molar-refractivity contribution in [2.75, 3.05) is 11.5 Å². The van der Waals surface area contributed by atoms with E-state index in [9.17, 15) is 5.11 Å². The Kier molecular flexibility index (Phi) is 4.45. The molecule has 0 aromatic heterocycles. The van der Waals surface area contributed by atoms with Gasteiger partial charge in [-0.25, -0.2) is 0 Å². The van der Waals surface area contributed by atoms with Crippen molar-refractivity contribution in [3.05, 3.63) is 35.9 Å². The standard InChI is InChI=1S/C16H22OS2/c17-16(14-9-4-5-10-14,13-7-2-1-3-8-13)15-18-11-6-12-19-15/h1-3,7-8,14-15,17H,4-6,9-12H2. The Morgan fingerprint density at radius 2 is 1.58 bits per heavy atom. The Bertz CT molecular complexity index is 396. The summed E-state index contributed by atoms with van der Waals surface area (Å²) < 4.78 is 0.312. The summed E-state index contributed by atoms with van der Waals surface area (Å²) in [5.74, 6) is 2.83. The zero-order chi connectivity index (χ0) is 13.1. The minimum absolute atomic E-state index is 0.312. The van der Waals surface area contributed by atoms with E-state index in [2.05, 4.69) is 24.3 Å². The van der Waals surface area contributed by atoms with Crippen molar-refractivity contribution in [3.8, 4) is 0 Å². The summed E-state index contributed by atoms with van der Waals surface area (Å²) in [5, 5.41) is 11.6. The number of aliphatic hydroxyl groups is 1. The van der Waals surface area contributed by atoms with Crippen molar-refractivity contribution in [1.82, 2.24) is 0 Å². The molecular formula is C16H22OS2. The topological polar surface area (TPSA) is 20.2 Å². The third-order valence-corrected chi connectivity index (χ3v) is 7.59. The number of thioether (sulfide) groups is 2. The van der Waals surface area contributed by atoms with Crippen LogP contribution in [0.3, 0.4) is 0 Å². The highest BCUT2D eigenvalue weighted by Crippen LogP contribution is 2.51. The van der Waals surface area contributed by atoms with Gasteiger partial charge in [0.15, 0.2) is 0 Å². The Morgan fingerprint density at radius 3 is 2.21 bits per heavy atom. The van der Waals surface area contributed by atoms with Gasteiger partial charge < -0.3 is 5.11 Å². The lowest BCUT2D eigenvalue weighted by Gasteiger charge is -2.42. The van der Waals surface area contributed by atoms with Gasteiger partial charge in [0.05, 0.1) is 4.58 Å². The summed E-state index contributed by atoms with van der Waals surface area (Å²) in [6.45, 7) is 0. The Labute approximate surface area is 124 Å². The van der Waals surface area contributed by atoms with Crippen molar-refractivity contribution in [2.24, 2.45) is 5.92 Å². The highest BCUT2D eigenvalue weighted by molar-refractivity contribution is 8.17. The summed E-state index contributed by atoms with van der Waals surface area (Å²) in [6, 6.07) is 10.4. The molecular weight excluding hydrogens is 272 g/mol. The Hall–Kier alpha value is -0.120. The van der Waals surface area contributed by atoms with E-state index in [-0.39, 0.29) is 0 Å². The van der Waals surface area contributed by atoms with Gasteiger partial charge in [0.2, 0.25) is 0 Å². The Balaban J connectivity index is 1.94. The first kappa shape index (κ1) is 13.8. The summed E-state index contributed by atoms with van der Waals surface area (Å²) in [5.41, 5.74) is 0.502. The van der Waals surface area contributed by atoms with Crippen molar-refractivity contribution in [1.29, 1.82) is 0 Å². The molecule has 1 N–H and O–H groups in total. The molecule has 1 atom stereocenters. The van der Waals surface area contributed by atoms with Gasteiger partial charge in [-0.3, -0.25) is 0 Å². The van der Waals surface area contributed by atoms with Gasteiger partial charge in [0, 0.05) is 0 Å². The maximum Gasteiger partial charge on any atom is 0.113 e. The van der Waals surface area contributed by atoms with E-state index in [0.29, 0.717) is 10.5 Å². The van der Waals surface area contributed by atoms with Crippen LogP contribution in [0.2, 0.25) is 0 Å². The molecule has 1 saturated carbocycles. The second-order valence-electron chi connectivity index (χ2n) is 5.60. The third kappa shape index (κ3) is 2.70. The van der Waals surface area contributed by atoms with Gasteiger partial charge in [-0.1, -0.05) is 43.2 Å². The molecule has 2 fully saturated rings. The maximum atomic E-state index is 11.6. The summed E-state index contributed by atoms with van der Waals surface area (Å²) in [4.78, 5) is 0. The van der Waals surface area contributed by atoms with Crippen LogP contribution in [0.4, 0.5) is 0 Å². The van der Waals surface area contributed by atoms with Gasteiger partial charge >= 0.3 is 0 Å². The fourth-order valence-corrected chi connectivity index (χ4v) is 6.74. The molecule has 1 unspecified atom stereocenters. The largest absolute Gasteiger partial charge is 0.383 e. The lowest BCUT2D eigenvalue weighted by Crippen LogP contribution is -2.43. The maximum absolute atomic E-state index is 11.6. The summed E-state index contributed by atoms with van der Waals surface area (Å²) >= 11 is 3.93. The van der Waals surface area contributed by atoms with Crippen LogP contribution in [0.25, 0.3) is 0 Å². The molecule has 1 aliphatic carbocycles. The smallest absolute Gasteiger partial charge is 0.113 e. The van der Waals surface area contributed by atoms with Gasteiger partial charge in [-0.15, -0.1) is 23.5 Å². The van der Waals surface area contributed by atoms with E-state index < -0.39 is 5.60 Å². The van der Waals surface area contributed by atoms with Crippen LogP contribution in [-0.2, 0) is 5.60 Å². The second-order valence-corrected chi connectivity index (χ2v) is 8.32. The van der Waals surface area contributed by atoms with E-state index in [4.69, 9.17) is 0 Å². The van der Waals surface area contributed by atoms with E-state index in [1.807, 2.05) is 29.6 Å². The number of hydrogen-bond donors (Lipinski definition) is 1. The first-order valence-electron chi connectivity index (χ1n) is 7.33. The monoisotopic (exact) mass is 294 g/mol. The normalized spacial score (nSPS) is 25.3. The lowest BCUT2D eigenvalue weighted by molar-refractivity contribution is -0.00596. The molecule has 3 rings (SSSR count). The third-order valence-electron chi connectivity index (χ3n) is 4.40. The SMILES string of the molecule is OC(c1ccccc1)(C1CCCC1)C1SCCCS1. The van der Waals surface area contributed by atoms with Gasteiger partial charge in [0.25, 0.3) is 0 Å².